The van der Waals surface area contributed by atoms with Crippen molar-refractivity contribution < 1.29 is 8.42 Å². The van der Waals surface area contributed by atoms with Crippen molar-refractivity contribution in [3.63, 3.8) is 0 Å². The third-order valence-corrected chi connectivity index (χ3v) is 5.90. The van der Waals surface area contributed by atoms with E-state index in [1.54, 1.807) is 0 Å². The molecule has 0 spiro atoms. The summed E-state index contributed by atoms with van der Waals surface area (Å²) in [6.45, 7) is 3.07. The number of hydrogen-bond donors (Lipinski definition) is 1. The van der Waals surface area contributed by atoms with Gasteiger partial charge < -0.3 is 5.32 Å². The van der Waals surface area contributed by atoms with E-state index in [1.807, 2.05) is 24.3 Å². The molecular formula is C15H22ClNO2S. The lowest BCUT2D eigenvalue weighted by molar-refractivity contribution is 0.415. The standard InChI is InChI=1S/C15H22ClNO2S/c1-2-8-17-15(13-3-5-14(16)6-4-13)10-12-7-9-20(18,19)11-12/h3-6,12,15,17H,2,7-11H2,1H3. The summed E-state index contributed by atoms with van der Waals surface area (Å²) in [6, 6.07) is 8.05. The van der Waals surface area contributed by atoms with Crippen LogP contribution >= 0.6 is 11.6 Å². The van der Waals surface area contributed by atoms with Gasteiger partial charge in [-0.15, -0.1) is 0 Å². The van der Waals surface area contributed by atoms with Gasteiger partial charge in [0.15, 0.2) is 9.84 Å². The maximum atomic E-state index is 11.6. The number of halogens is 1. The smallest absolute Gasteiger partial charge is 0.150 e. The number of rotatable bonds is 6. The van der Waals surface area contributed by atoms with E-state index in [0.29, 0.717) is 11.5 Å². The van der Waals surface area contributed by atoms with E-state index >= 15 is 0 Å². The van der Waals surface area contributed by atoms with E-state index < -0.39 is 9.84 Å². The van der Waals surface area contributed by atoms with Crippen molar-refractivity contribution in [3.05, 3.63) is 34.9 Å². The molecule has 1 aromatic rings. The molecule has 1 aromatic carbocycles. The van der Waals surface area contributed by atoms with Crippen molar-refractivity contribution in [2.75, 3.05) is 18.1 Å². The topological polar surface area (TPSA) is 46.2 Å². The Bertz CT molecular complexity index is 527. The van der Waals surface area contributed by atoms with Gasteiger partial charge in [-0.2, -0.15) is 0 Å². The zero-order valence-corrected chi connectivity index (χ0v) is 13.4. The number of nitrogens with one attached hydrogen (secondary N) is 1. The highest BCUT2D eigenvalue weighted by Gasteiger charge is 2.30. The molecule has 5 heteroatoms. The molecule has 2 atom stereocenters. The Morgan fingerprint density at radius 1 is 1.35 bits per heavy atom. The van der Waals surface area contributed by atoms with Gasteiger partial charge in [-0.05, 0) is 49.4 Å². The van der Waals surface area contributed by atoms with Gasteiger partial charge in [0.25, 0.3) is 0 Å². The van der Waals surface area contributed by atoms with E-state index in [9.17, 15) is 8.42 Å². The zero-order valence-electron chi connectivity index (χ0n) is 11.8. The van der Waals surface area contributed by atoms with E-state index in [2.05, 4.69) is 12.2 Å². The minimum Gasteiger partial charge on any atom is -0.310 e. The Morgan fingerprint density at radius 2 is 2.05 bits per heavy atom. The second kappa shape index (κ2) is 6.92. The monoisotopic (exact) mass is 315 g/mol. The maximum Gasteiger partial charge on any atom is 0.150 e. The van der Waals surface area contributed by atoms with Crippen LogP contribution in [0.15, 0.2) is 24.3 Å². The molecule has 1 N–H and O–H groups in total. The van der Waals surface area contributed by atoms with Crippen molar-refractivity contribution in [1.82, 2.24) is 5.32 Å². The summed E-state index contributed by atoms with van der Waals surface area (Å²) in [5.74, 6) is 0.953. The molecular weight excluding hydrogens is 294 g/mol. The molecule has 1 saturated heterocycles. The fourth-order valence-corrected chi connectivity index (χ4v) is 4.75. The minimum absolute atomic E-state index is 0.213. The number of sulfone groups is 1. The number of benzene rings is 1. The molecule has 2 rings (SSSR count). The molecule has 0 radical (unpaired) electrons. The minimum atomic E-state index is -2.80. The summed E-state index contributed by atoms with van der Waals surface area (Å²) >= 11 is 5.93. The van der Waals surface area contributed by atoms with Crippen molar-refractivity contribution >= 4 is 21.4 Å². The number of hydrogen-bond acceptors (Lipinski definition) is 3. The van der Waals surface area contributed by atoms with Crippen LogP contribution in [0.1, 0.15) is 37.8 Å². The first kappa shape index (κ1) is 15.8. The van der Waals surface area contributed by atoms with Crippen LogP contribution in [-0.2, 0) is 9.84 Å². The molecule has 0 bridgehead atoms. The molecule has 0 aromatic heterocycles. The summed E-state index contributed by atoms with van der Waals surface area (Å²) in [5, 5.41) is 4.25. The van der Waals surface area contributed by atoms with E-state index in [4.69, 9.17) is 11.6 Å². The average molecular weight is 316 g/mol. The van der Waals surface area contributed by atoms with Gasteiger partial charge in [0.05, 0.1) is 11.5 Å². The maximum absolute atomic E-state index is 11.6. The highest BCUT2D eigenvalue weighted by molar-refractivity contribution is 7.91. The van der Waals surface area contributed by atoms with Gasteiger partial charge in [-0.3, -0.25) is 0 Å². The lowest BCUT2D eigenvalue weighted by Crippen LogP contribution is -2.25. The quantitative estimate of drug-likeness (QED) is 0.877. The van der Waals surface area contributed by atoms with Crippen LogP contribution < -0.4 is 5.32 Å². The van der Waals surface area contributed by atoms with Gasteiger partial charge in [-0.1, -0.05) is 30.7 Å². The molecule has 1 heterocycles. The SMILES string of the molecule is CCCNC(CC1CCS(=O)(=O)C1)c1ccc(Cl)cc1. The van der Waals surface area contributed by atoms with E-state index in [-0.39, 0.29) is 12.0 Å². The van der Waals surface area contributed by atoms with Crippen LogP contribution in [0.2, 0.25) is 5.02 Å². The summed E-state index contributed by atoms with van der Waals surface area (Å²) in [7, 11) is -2.80. The molecule has 2 unspecified atom stereocenters. The summed E-state index contributed by atoms with van der Waals surface area (Å²) in [5.41, 5.74) is 1.19. The van der Waals surface area contributed by atoms with Gasteiger partial charge in [0.1, 0.15) is 0 Å². The fourth-order valence-electron chi connectivity index (χ4n) is 2.74. The van der Waals surface area contributed by atoms with Crippen LogP contribution in [0.25, 0.3) is 0 Å². The molecule has 1 fully saturated rings. The second-order valence-electron chi connectivity index (χ2n) is 5.56. The van der Waals surface area contributed by atoms with Gasteiger partial charge in [0.2, 0.25) is 0 Å². The highest BCUT2D eigenvalue weighted by atomic mass is 35.5. The zero-order chi connectivity index (χ0) is 14.6. The molecule has 20 heavy (non-hydrogen) atoms. The summed E-state index contributed by atoms with van der Waals surface area (Å²) in [4.78, 5) is 0. The van der Waals surface area contributed by atoms with Gasteiger partial charge in [0, 0.05) is 11.1 Å². The van der Waals surface area contributed by atoms with Crippen LogP contribution in [0.4, 0.5) is 0 Å². The fraction of sp³-hybridized carbons (Fsp3) is 0.600. The van der Waals surface area contributed by atoms with Crippen LogP contribution in [0, 0.1) is 5.92 Å². The van der Waals surface area contributed by atoms with Gasteiger partial charge >= 0.3 is 0 Å². The predicted octanol–water partition coefficient (Wildman–Crippen LogP) is 3.21. The highest BCUT2D eigenvalue weighted by Crippen LogP contribution is 2.29. The van der Waals surface area contributed by atoms with Crippen molar-refractivity contribution in [2.45, 2.75) is 32.2 Å². The molecule has 0 saturated carbocycles. The molecule has 1 aliphatic heterocycles. The predicted molar refractivity (Wildman–Crippen MR) is 83.9 cm³/mol. The normalized spacial score (nSPS) is 22.8. The third kappa shape index (κ3) is 4.47. The lowest BCUT2D eigenvalue weighted by Gasteiger charge is -2.22. The van der Waals surface area contributed by atoms with Crippen molar-refractivity contribution in [2.24, 2.45) is 5.92 Å². The Hall–Kier alpha value is -0.580. The van der Waals surface area contributed by atoms with Crippen molar-refractivity contribution in [1.29, 1.82) is 0 Å². The summed E-state index contributed by atoms with van der Waals surface area (Å²) in [6.07, 6.45) is 2.73. The first-order valence-corrected chi connectivity index (χ1v) is 9.39. The Labute approximate surface area is 126 Å². The second-order valence-corrected chi connectivity index (χ2v) is 8.23. The largest absolute Gasteiger partial charge is 0.310 e. The Kier molecular flexibility index (Phi) is 5.47. The molecule has 0 amide bonds. The van der Waals surface area contributed by atoms with Gasteiger partial charge in [-0.25, -0.2) is 8.42 Å². The van der Waals surface area contributed by atoms with Crippen molar-refractivity contribution in [3.8, 4) is 0 Å². The molecule has 0 aliphatic carbocycles. The lowest BCUT2D eigenvalue weighted by atomic mass is 9.94. The average Bonchev–Trinajstić information content (AvgIpc) is 2.75. The van der Waals surface area contributed by atoms with E-state index in [0.717, 1.165) is 30.8 Å². The van der Waals surface area contributed by atoms with Crippen LogP contribution in [0.3, 0.4) is 0 Å². The van der Waals surface area contributed by atoms with E-state index in [1.165, 1.54) is 5.56 Å². The Morgan fingerprint density at radius 3 is 2.60 bits per heavy atom. The Balaban J connectivity index is 2.05. The molecule has 112 valence electrons. The third-order valence-electron chi connectivity index (χ3n) is 3.81. The van der Waals surface area contributed by atoms with Crippen LogP contribution in [-0.4, -0.2) is 26.5 Å². The molecule has 1 aliphatic rings. The first-order valence-electron chi connectivity index (χ1n) is 7.19. The van der Waals surface area contributed by atoms with Crippen LogP contribution in [0.5, 0.6) is 0 Å². The molecule has 3 nitrogen and oxygen atoms in total. The first-order chi connectivity index (χ1) is 9.50. The summed E-state index contributed by atoms with van der Waals surface area (Å²) < 4.78 is 23.2.